The second-order valence-corrected chi connectivity index (χ2v) is 6.87. The standard InChI is InChI=1S/C17H18ClN3/c1-11-7-12(17(2,3)4)9-14(8-11)21-19-15-6-5-13(18)10-16(15)20-21/h5-10H,1-4H3. The van der Waals surface area contributed by atoms with Crippen molar-refractivity contribution in [2.75, 3.05) is 0 Å². The van der Waals surface area contributed by atoms with Gasteiger partial charge in [0.05, 0.1) is 5.69 Å². The van der Waals surface area contributed by atoms with Crippen molar-refractivity contribution in [1.82, 2.24) is 15.0 Å². The van der Waals surface area contributed by atoms with E-state index in [9.17, 15) is 0 Å². The molecule has 0 atom stereocenters. The zero-order valence-corrected chi connectivity index (χ0v) is 13.4. The molecule has 0 spiro atoms. The van der Waals surface area contributed by atoms with Crippen molar-refractivity contribution < 1.29 is 0 Å². The summed E-state index contributed by atoms with van der Waals surface area (Å²) in [6.45, 7) is 8.72. The predicted molar refractivity (Wildman–Crippen MR) is 87.3 cm³/mol. The van der Waals surface area contributed by atoms with Gasteiger partial charge >= 0.3 is 0 Å². The van der Waals surface area contributed by atoms with Gasteiger partial charge < -0.3 is 0 Å². The number of benzene rings is 2. The van der Waals surface area contributed by atoms with Crippen LogP contribution in [0.2, 0.25) is 5.02 Å². The summed E-state index contributed by atoms with van der Waals surface area (Å²) in [7, 11) is 0. The maximum atomic E-state index is 6.01. The van der Waals surface area contributed by atoms with Crippen molar-refractivity contribution in [3.63, 3.8) is 0 Å². The van der Waals surface area contributed by atoms with Crippen LogP contribution in [0.1, 0.15) is 31.9 Å². The molecule has 4 heteroatoms. The summed E-state index contributed by atoms with van der Waals surface area (Å²) in [5, 5.41) is 9.74. The van der Waals surface area contributed by atoms with Gasteiger partial charge in [-0.3, -0.25) is 0 Å². The van der Waals surface area contributed by atoms with E-state index in [2.05, 4.69) is 56.1 Å². The van der Waals surface area contributed by atoms with E-state index in [1.165, 1.54) is 11.1 Å². The summed E-state index contributed by atoms with van der Waals surface area (Å²) in [6.07, 6.45) is 0. The summed E-state index contributed by atoms with van der Waals surface area (Å²) in [5.41, 5.74) is 5.21. The van der Waals surface area contributed by atoms with Crippen molar-refractivity contribution in [1.29, 1.82) is 0 Å². The molecular formula is C17H18ClN3. The van der Waals surface area contributed by atoms with Crippen molar-refractivity contribution in [2.45, 2.75) is 33.1 Å². The van der Waals surface area contributed by atoms with E-state index >= 15 is 0 Å². The van der Waals surface area contributed by atoms with Crippen LogP contribution in [0.15, 0.2) is 36.4 Å². The average Bonchev–Trinajstić information content (AvgIpc) is 2.80. The van der Waals surface area contributed by atoms with Gasteiger partial charge in [-0.1, -0.05) is 38.4 Å². The highest BCUT2D eigenvalue weighted by molar-refractivity contribution is 6.31. The first-order valence-corrected chi connectivity index (χ1v) is 7.36. The number of hydrogen-bond acceptors (Lipinski definition) is 2. The number of fused-ring (bicyclic) bond motifs is 1. The fourth-order valence-electron chi connectivity index (χ4n) is 2.31. The summed E-state index contributed by atoms with van der Waals surface area (Å²) >= 11 is 6.01. The minimum atomic E-state index is 0.0939. The van der Waals surface area contributed by atoms with Crippen LogP contribution >= 0.6 is 11.6 Å². The second kappa shape index (κ2) is 4.85. The number of hydrogen-bond donors (Lipinski definition) is 0. The van der Waals surface area contributed by atoms with Gasteiger partial charge in [0.15, 0.2) is 0 Å². The Labute approximate surface area is 129 Å². The number of rotatable bonds is 1. The zero-order chi connectivity index (χ0) is 15.2. The monoisotopic (exact) mass is 299 g/mol. The third kappa shape index (κ3) is 2.79. The van der Waals surface area contributed by atoms with Crippen LogP contribution in [0.5, 0.6) is 0 Å². The SMILES string of the molecule is Cc1cc(-n2nc3ccc(Cl)cc3n2)cc(C(C)(C)C)c1. The summed E-state index contributed by atoms with van der Waals surface area (Å²) < 4.78 is 0. The molecule has 108 valence electrons. The van der Waals surface area contributed by atoms with Gasteiger partial charge in [0.25, 0.3) is 0 Å². The van der Waals surface area contributed by atoms with Crippen LogP contribution in [0, 0.1) is 6.92 Å². The average molecular weight is 300 g/mol. The van der Waals surface area contributed by atoms with Crippen LogP contribution in [0.4, 0.5) is 0 Å². The van der Waals surface area contributed by atoms with Crippen molar-refractivity contribution >= 4 is 22.6 Å². The molecule has 0 N–H and O–H groups in total. The minimum Gasteiger partial charge on any atom is -0.150 e. The van der Waals surface area contributed by atoms with E-state index in [1.54, 1.807) is 4.80 Å². The van der Waals surface area contributed by atoms with Gasteiger partial charge in [-0.15, -0.1) is 10.2 Å². The quantitative estimate of drug-likeness (QED) is 0.653. The maximum absolute atomic E-state index is 6.01. The first-order valence-electron chi connectivity index (χ1n) is 6.98. The largest absolute Gasteiger partial charge is 0.150 e. The Morgan fingerprint density at radius 2 is 1.67 bits per heavy atom. The molecule has 0 amide bonds. The Bertz CT molecular complexity index is 813. The molecule has 0 saturated heterocycles. The lowest BCUT2D eigenvalue weighted by Gasteiger charge is -2.20. The molecule has 21 heavy (non-hydrogen) atoms. The van der Waals surface area contributed by atoms with E-state index in [1.807, 2.05) is 18.2 Å². The van der Waals surface area contributed by atoms with Gasteiger partial charge in [-0.25, -0.2) is 0 Å². The van der Waals surface area contributed by atoms with Crippen LogP contribution in [0.3, 0.4) is 0 Å². The number of aromatic nitrogens is 3. The fourth-order valence-corrected chi connectivity index (χ4v) is 2.48. The molecule has 0 aliphatic carbocycles. The van der Waals surface area contributed by atoms with Crippen molar-refractivity contribution in [2.24, 2.45) is 0 Å². The first kappa shape index (κ1) is 14.1. The predicted octanol–water partition coefficient (Wildman–Crippen LogP) is 4.68. The number of aryl methyl sites for hydroxylation is 1. The van der Waals surface area contributed by atoms with E-state index in [4.69, 9.17) is 11.6 Å². The number of nitrogens with zero attached hydrogens (tertiary/aromatic N) is 3. The maximum Gasteiger partial charge on any atom is 0.115 e. The minimum absolute atomic E-state index is 0.0939. The highest BCUT2D eigenvalue weighted by Crippen LogP contribution is 2.26. The molecule has 0 bridgehead atoms. The Morgan fingerprint density at radius 1 is 0.952 bits per heavy atom. The lowest BCUT2D eigenvalue weighted by atomic mass is 9.86. The molecule has 3 nitrogen and oxygen atoms in total. The molecule has 0 saturated carbocycles. The van der Waals surface area contributed by atoms with E-state index in [0.29, 0.717) is 5.02 Å². The Hall–Kier alpha value is -1.87. The van der Waals surface area contributed by atoms with Gasteiger partial charge in [-0.05, 0) is 53.8 Å². The topological polar surface area (TPSA) is 30.7 Å². The fraction of sp³-hybridized carbons (Fsp3) is 0.294. The second-order valence-electron chi connectivity index (χ2n) is 6.43. The lowest BCUT2D eigenvalue weighted by molar-refractivity contribution is 0.588. The Kier molecular flexibility index (Phi) is 3.25. The molecule has 3 rings (SSSR count). The molecule has 0 aliphatic rings. The molecule has 0 aliphatic heterocycles. The molecule has 0 fully saturated rings. The number of halogens is 1. The molecule has 3 aromatic rings. The zero-order valence-electron chi connectivity index (χ0n) is 12.7. The molecule has 0 unspecified atom stereocenters. The van der Waals surface area contributed by atoms with Crippen LogP contribution in [-0.4, -0.2) is 15.0 Å². The van der Waals surface area contributed by atoms with Gasteiger partial charge in [0.2, 0.25) is 0 Å². The van der Waals surface area contributed by atoms with Crippen molar-refractivity contribution in [3.05, 3.63) is 52.5 Å². The molecule has 1 aromatic heterocycles. The Morgan fingerprint density at radius 3 is 2.38 bits per heavy atom. The van der Waals surface area contributed by atoms with Crippen LogP contribution in [-0.2, 0) is 5.41 Å². The molecule has 2 aromatic carbocycles. The molecular weight excluding hydrogens is 282 g/mol. The van der Waals surface area contributed by atoms with E-state index < -0.39 is 0 Å². The molecule has 0 radical (unpaired) electrons. The lowest BCUT2D eigenvalue weighted by Crippen LogP contribution is -2.12. The third-order valence-electron chi connectivity index (χ3n) is 3.50. The summed E-state index contributed by atoms with van der Waals surface area (Å²) in [5.74, 6) is 0. The smallest absolute Gasteiger partial charge is 0.115 e. The summed E-state index contributed by atoms with van der Waals surface area (Å²) in [6, 6.07) is 12.0. The highest BCUT2D eigenvalue weighted by atomic mass is 35.5. The van der Waals surface area contributed by atoms with Crippen molar-refractivity contribution in [3.8, 4) is 5.69 Å². The summed E-state index contributed by atoms with van der Waals surface area (Å²) in [4.78, 5) is 1.68. The van der Waals surface area contributed by atoms with Gasteiger partial charge in [0.1, 0.15) is 11.0 Å². The normalized spacial score (nSPS) is 12.0. The van der Waals surface area contributed by atoms with Crippen LogP contribution < -0.4 is 0 Å². The van der Waals surface area contributed by atoms with Crippen LogP contribution in [0.25, 0.3) is 16.7 Å². The molecule has 1 heterocycles. The third-order valence-corrected chi connectivity index (χ3v) is 3.74. The highest BCUT2D eigenvalue weighted by Gasteiger charge is 2.16. The van der Waals surface area contributed by atoms with E-state index in [0.717, 1.165) is 16.7 Å². The van der Waals surface area contributed by atoms with E-state index in [-0.39, 0.29) is 5.41 Å². The van der Waals surface area contributed by atoms with Gasteiger partial charge in [-0.2, -0.15) is 4.80 Å². The Balaban J connectivity index is 2.16. The first-order chi connectivity index (χ1) is 9.83. The van der Waals surface area contributed by atoms with Gasteiger partial charge in [0, 0.05) is 5.02 Å².